The maximum Gasteiger partial charge on any atom is 0.219 e. The SMILES string of the molecule is CN(C)CCCCNC(=O)CCCCO. The number of rotatable bonds is 9. The van der Waals surface area contributed by atoms with E-state index in [0.29, 0.717) is 12.8 Å². The molecule has 0 bridgehead atoms. The Morgan fingerprint density at radius 2 is 1.93 bits per heavy atom. The number of carbonyl (C=O) groups excluding carboxylic acids is 1. The second kappa shape index (κ2) is 9.93. The Kier molecular flexibility index (Phi) is 9.52. The quantitative estimate of drug-likeness (QED) is 0.555. The third-order valence-corrected chi connectivity index (χ3v) is 2.17. The van der Waals surface area contributed by atoms with Crippen molar-refractivity contribution in [3.05, 3.63) is 0 Å². The molecule has 4 nitrogen and oxygen atoms in total. The molecule has 0 unspecified atom stereocenters. The summed E-state index contributed by atoms with van der Waals surface area (Å²) in [5.74, 6) is 0.105. The summed E-state index contributed by atoms with van der Waals surface area (Å²) in [6.45, 7) is 2.02. The molecule has 0 aliphatic carbocycles. The summed E-state index contributed by atoms with van der Waals surface area (Å²) in [6.07, 6.45) is 4.18. The van der Waals surface area contributed by atoms with Crippen molar-refractivity contribution in [2.24, 2.45) is 0 Å². The first-order valence-electron chi connectivity index (χ1n) is 5.69. The van der Waals surface area contributed by atoms with E-state index in [-0.39, 0.29) is 12.5 Å². The topological polar surface area (TPSA) is 52.6 Å². The number of unbranched alkanes of at least 4 members (excludes halogenated alkanes) is 2. The van der Waals surface area contributed by atoms with E-state index in [4.69, 9.17) is 5.11 Å². The van der Waals surface area contributed by atoms with Crippen molar-refractivity contribution in [3.63, 3.8) is 0 Å². The van der Waals surface area contributed by atoms with Crippen LogP contribution in [0.5, 0.6) is 0 Å². The minimum atomic E-state index is 0.105. The summed E-state index contributed by atoms with van der Waals surface area (Å²) in [7, 11) is 4.10. The molecule has 1 amide bonds. The van der Waals surface area contributed by atoms with E-state index in [9.17, 15) is 4.79 Å². The summed E-state index contributed by atoms with van der Waals surface area (Å²) in [5, 5.41) is 11.4. The summed E-state index contributed by atoms with van der Waals surface area (Å²) in [5.41, 5.74) is 0. The Morgan fingerprint density at radius 1 is 1.20 bits per heavy atom. The molecular formula is C11H24N2O2. The molecule has 90 valence electrons. The highest BCUT2D eigenvalue weighted by atomic mass is 16.2. The minimum absolute atomic E-state index is 0.105. The van der Waals surface area contributed by atoms with E-state index in [1.54, 1.807) is 0 Å². The van der Waals surface area contributed by atoms with Gasteiger partial charge in [0.05, 0.1) is 0 Å². The summed E-state index contributed by atoms with van der Waals surface area (Å²) < 4.78 is 0. The number of hydrogen-bond acceptors (Lipinski definition) is 3. The van der Waals surface area contributed by atoms with E-state index in [1.807, 2.05) is 14.1 Å². The van der Waals surface area contributed by atoms with Gasteiger partial charge in [0.1, 0.15) is 0 Å². The Hall–Kier alpha value is -0.610. The molecule has 0 radical (unpaired) electrons. The number of aliphatic hydroxyl groups is 1. The predicted molar refractivity (Wildman–Crippen MR) is 61.7 cm³/mol. The van der Waals surface area contributed by atoms with Crippen molar-refractivity contribution in [2.45, 2.75) is 32.1 Å². The third-order valence-electron chi connectivity index (χ3n) is 2.17. The van der Waals surface area contributed by atoms with Gasteiger partial charge in [-0.1, -0.05) is 0 Å². The van der Waals surface area contributed by atoms with Crippen LogP contribution >= 0.6 is 0 Å². The molecule has 0 fully saturated rings. The lowest BCUT2D eigenvalue weighted by Gasteiger charge is -2.09. The van der Waals surface area contributed by atoms with Gasteiger partial charge in [0.15, 0.2) is 0 Å². The molecular weight excluding hydrogens is 192 g/mol. The van der Waals surface area contributed by atoms with Crippen LogP contribution in [0.25, 0.3) is 0 Å². The molecule has 0 aromatic rings. The highest BCUT2D eigenvalue weighted by Gasteiger charge is 1.99. The minimum Gasteiger partial charge on any atom is -0.396 e. The molecule has 0 aliphatic heterocycles. The first kappa shape index (κ1) is 14.4. The van der Waals surface area contributed by atoms with Crippen LogP contribution in [0.1, 0.15) is 32.1 Å². The van der Waals surface area contributed by atoms with E-state index in [2.05, 4.69) is 10.2 Å². The van der Waals surface area contributed by atoms with Crippen LogP contribution in [0.4, 0.5) is 0 Å². The van der Waals surface area contributed by atoms with Crippen molar-refractivity contribution in [3.8, 4) is 0 Å². The standard InChI is InChI=1S/C11H24N2O2/c1-13(2)9-5-4-8-12-11(15)7-3-6-10-14/h14H,3-10H2,1-2H3,(H,12,15). The van der Waals surface area contributed by atoms with E-state index in [0.717, 1.165) is 32.4 Å². The third kappa shape index (κ3) is 11.3. The zero-order chi connectivity index (χ0) is 11.5. The molecule has 0 saturated heterocycles. The predicted octanol–water partition coefficient (Wildman–Crippen LogP) is 0.607. The van der Waals surface area contributed by atoms with Gasteiger partial charge in [-0.25, -0.2) is 0 Å². The molecule has 0 heterocycles. The number of nitrogens with one attached hydrogen (secondary N) is 1. The molecule has 0 aromatic carbocycles. The molecule has 0 saturated carbocycles. The van der Waals surface area contributed by atoms with Crippen molar-refractivity contribution in [1.29, 1.82) is 0 Å². The van der Waals surface area contributed by atoms with Crippen molar-refractivity contribution in [2.75, 3.05) is 33.8 Å². The Balaban J connectivity index is 3.17. The van der Waals surface area contributed by atoms with E-state index in [1.165, 1.54) is 0 Å². The maximum absolute atomic E-state index is 11.2. The van der Waals surface area contributed by atoms with Gasteiger partial charge in [0.2, 0.25) is 5.91 Å². The molecule has 0 atom stereocenters. The van der Waals surface area contributed by atoms with Gasteiger partial charge < -0.3 is 15.3 Å². The average Bonchev–Trinajstić information content (AvgIpc) is 2.17. The van der Waals surface area contributed by atoms with Crippen LogP contribution in [0, 0.1) is 0 Å². The highest BCUT2D eigenvalue weighted by Crippen LogP contribution is 1.94. The maximum atomic E-state index is 11.2. The lowest BCUT2D eigenvalue weighted by molar-refractivity contribution is -0.121. The normalized spacial score (nSPS) is 10.7. The molecule has 0 aliphatic rings. The van der Waals surface area contributed by atoms with Gasteiger partial charge in [0, 0.05) is 19.6 Å². The fourth-order valence-corrected chi connectivity index (χ4v) is 1.27. The van der Waals surface area contributed by atoms with Crippen LogP contribution in [0.3, 0.4) is 0 Å². The fourth-order valence-electron chi connectivity index (χ4n) is 1.27. The smallest absolute Gasteiger partial charge is 0.219 e. The number of amides is 1. The van der Waals surface area contributed by atoms with Gasteiger partial charge >= 0.3 is 0 Å². The number of hydrogen-bond donors (Lipinski definition) is 2. The van der Waals surface area contributed by atoms with Gasteiger partial charge in [-0.2, -0.15) is 0 Å². The lowest BCUT2D eigenvalue weighted by atomic mass is 10.2. The number of carbonyl (C=O) groups is 1. The van der Waals surface area contributed by atoms with Crippen LogP contribution in [0.2, 0.25) is 0 Å². The first-order valence-corrected chi connectivity index (χ1v) is 5.69. The fraction of sp³-hybridized carbons (Fsp3) is 0.909. The molecule has 0 spiro atoms. The Labute approximate surface area is 92.7 Å². The summed E-state index contributed by atoms with van der Waals surface area (Å²) in [4.78, 5) is 13.4. The summed E-state index contributed by atoms with van der Waals surface area (Å²) >= 11 is 0. The lowest BCUT2D eigenvalue weighted by Crippen LogP contribution is -2.25. The van der Waals surface area contributed by atoms with Crippen LogP contribution in [-0.4, -0.2) is 49.7 Å². The molecule has 0 aromatic heterocycles. The zero-order valence-corrected chi connectivity index (χ0v) is 9.96. The largest absolute Gasteiger partial charge is 0.396 e. The van der Waals surface area contributed by atoms with Crippen molar-refractivity contribution < 1.29 is 9.90 Å². The van der Waals surface area contributed by atoms with Gasteiger partial charge in [-0.15, -0.1) is 0 Å². The Morgan fingerprint density at radius 3 is 2.53 bits per heavy atom. The number of aliphatic hydroxyl groups excluding tert-OH is 1. The van der Waals surface area contributed by atoms with Crippen LogP contribution < -0.4 is 5.32 Å². The van der Waals surface area contributed by atoms with Gasteiger partial charge in [0.25, 0.3) is 0 Å². The van der Waals surface area contributed by atoms with E-state index < -0.39 is 0 Å². The second-order valence-electron chi connectivity index (χ2n) is 4.04. The average molecular weight is 216 g/mol. The van der Waals surface area contributed by atoms with Crippen LogP contribution in [0.15, 0.2) is 0 Å². The second-order valence-corrected chi connectivity index (χ2v) is 4.04. The first-order chi connectivity index (χ1) is 7.16. The summed E-state index contributed by atoms with van der Waals surface area (Å²) in [6, 6.07) is 0. The molecule has 4 heteroatoms. The monoisotopic (exact) mass is 216 g/mol. The molecule has 15 heavy (non-hydrogen) atoms. The highest BCUT2D eigenvalue weighted by molar-refractivity contribution is 5.75. The van der Waals surface area contributed by atoms with E-state index >= 15 is 0 Å². The van der Waals surface area contributed by atoms with Crippen LogP contribution in [-0.2, 0) is 4.79 Å². The molecule has 2 N–H and O–H groups in total. The van der Waals surface area contributed by atoms with Gasteiger partial charge in [-0.3, -0.25) is 4.79 Å². The molecule has 0 rings (SSSR count). The zero-order valence-electron chi connectivity index (χ0n) is 9.96. The number of nitrogens with zero attached hydrogens (tertiary/aromatic N) is 1. The van der Waals surface area contributed by atoms with Gasteiger partial charge in [-0.05, 0) is 46.3 Å². The van der Waals surface area contributed by atoms with Crippen molar-refractivity contribution in [1.82, 2.24) is 10.2 Å². The van der Waals surface area contributed by atoms with Crippen molar-refractivity contribution >= 4 is 5.91 Å². The Bertz CT molecular complexity index is 161.